The summed E-state index contributed by atoms with van der Waals surface area (Å²) in [5, 5.41) is 11.9. The zero-order valence-electron chi connectivity index (χ0n) is 11.3. The molecule has 0 amide bonds. The molecule has 0 saturated carbocycles. The first kappa shape index (κ1) is 14.3. The molecule has 0 aliphatic heterocycles. The number of nitrogens with one attached hydrogen (secondary N) is 1. The van der Waals surface area contributed by atoms with Crippen LogP contribution in [0.1, 0.15) is 40.4 Å². The summed E-state index contributed by atoms with van der Waals surface area (Å²) in [5.41, 5.74) is 1.44. The van der Waals surface area contributed by atoms with Gasteiger partial charge in [0.25, 0.3) is 0 Å². The Morgan fingerprint density at radius 3 is 2.75 bits per heavy atom. The maximum Gasteiger partial charge on any atom is 0.371 e. The number of carbonyl (C=O) groups is 1. The lowest BCUT2D eigenvalue weighted by atomic mass is 10.1. The van der Waals surface area contributed by atoms with Crippen molar-refractivity contribution in [2.75, 3.05) is 0 Å². The minimum Gasteiger partial charge on any atom is -0.475 e. The van der Waals surface area contributed by atoms with Crippen molar-refractivity contribution in [3.63, 3.8) is 0 Å². The smallest absolute Gasteiger partial charge is 0.371 e. The van der Waals surface area contributed by atoms with E-state index in [1.807, 2.05) is 13.0 Å². The first-order chi connectivity index (χ1) is 9.47. The molecule has 20 heavy (non-hydrogen) atoms. The lowest BCUT2D eigenvalue weighted by molar-refractivity contribution is 0.0660. The molecule has 1 aromatic heterocycles. The van der Waals surface area contributed by atoms with E-state index in [1.54, 1.807) is 19.1 Å². The van der Waals surface area contributed by atoms with Crippen molar-refractivity contribution in [1.29, 1.82) is 0 Å². The number of rotatable bonds is 5. The Balaban J connectivity index is 1.98. The summed E-state index contributed by atoms with van der Waals surface area (Å²) in [5.74, 6) is -0.884. The zero-order chi connectivity index (χ0) is 14.7. The van der Waals surface area contributed by atoms with Crippen molar-refractivity contribution in [2.45, 2.75) is 26.4 Å². The van der Waals surface area contributed by atoms with Gasteiger partial charge in [0.05, 0.1) is 6.54 Å². The molecular formula is C15H16FNO3. The van der Waals surface area contributed by atoms with Gasteiger partial charge in [0.15, 0.2) is 0 Å². The van der Waals surface area contributed by atoms with Crippen LogP contribution in [0.2, 0.25) is 0 Å². The normalized spacial score (nSPS) is 12.3. The summed E-state index contributed by atoms with van der Waals surface area (Å²) in [7, 11) is 0. The molecule has 1 unspecified atom stereocenters. The molecule has 2 N–H and O–H groups in total. The van der Waals surface area contributed by atoms with Crippen LogP contribution in [0.3, 0.4) is 0 Å². The van der Waals surface area contributed by atoms with Gasteiger partial charge in [0, 0.05) is 6.04 Å². The predicted molar refractivity (Wildman–Crippen MR) is 72.1 cm³/mol. The fraction of sp³-hybridized carbons (Fsp3) is 0.267. The maximum absolute atomic E-state index is 13.5. The highest BCUT2D eigenvalue weighted by Crippen LogP contribution is 2.17. The van der Waals surface area contributed by atoms with Gasteiger partial charge in [-0.15, -0.1) is 0 Å². The largest absolute Gasteiger partial charge is 0.475 e. The second kappa shape index (κ2) is 5.88. The number of hydrogen-bond acceptors (Lipinski definition) is 3. The number of furan rings is 1. The summed E-state index contributed by atoms with van der Waals surface area (Å²) in [4.78, 5) is 10.7. The number of hydrogen-bond donors (Lipinski definition) is 2. The Labute approximate surface area is 116 Å². The molecule has 4 nitrogen and oxygen atoms in total. The van der Waals surface area contributed by atoms with E-state index in [-0.39, 0.29) is 17.6 Å². The van der Waals surface area contributed by atoms with Crippen LogP contribution in [0.15, 0.2) is 34.7 Å². The average molecular weight is 277 g/mol. The van der Waals surface area contributed by atoms with Gasteiger partial charge in [0.1, 0.15) is 11.6 Å². The van der Waals surface area contributed by atoms with Crippen molar-refractivity contribution in [2.24, 2.45) is 0 Å². The van der Waals surface area contributed by atoms with Crippen LogP contribution in [0.25, 0.3) is 0 Å². The Morgan fingerprint density at radius 2 is 2.15 bits per heavy atom. The molecule has 2 aromatic rings. The van der Waals surface area contributed by atoms with Gasteiger partial charge in [-0.1, -0.05) is 12.1 Å². The summed E-state index contributed by atoms with van der Waals surface area (Å²) >= 11 is 0. The lowest BCUT2D eigenvalue weighted by Gasteiger charge is -2.14. The van der Waals surface area contributed by atoms with Crippen molar-refractivity contribution >= 4 is 5.97 Å². The number of carboxylic acids is 1. The van der Waals surface area contributed by atoms with Crippen LogP contribution in [-0.2, 0) is 6.54 Å². The number of benzene rings is 1. The minimum absolute atomic E-state index is 0.0662. The van der Waals surface area contributed by atoms with Crippen molar-refractivity contribution in [3.8, 4) is 0 Å². The van der Waals surface area contributed by atoms with Crippen molar-refractivity contribution in [1.82, 2.24) is 5.32 Å². The third-order valence-corrected chi connectivity index (χ3v) is 3.15. The van der Waals surface area contributed by atoms with Crippen LogP contribution in [-0.4, -0.2) is 11.1 Å². The molecule has 2 rings (SSSR count). The van der Waals surface area contributed by atoms with Crippen LogP contribution in [0.5, 0.6) is 0 Å². The van der Waals surface area contributed by atoms with Crippen LogP contribution in [0, 0.1) is 12.7 Å². The van der Waals surface area contributed by atoms with E-state index in [9.17, 15) is 9.18 Å². The molecule has 106 valence electrons. The second-order valence-corrected chi connectivity index (χ2v) is 4.68. The number of halogens is 1. The highest BCUT2D eigenvalue weighted by atomic mass is 19.1. The zero-order valence-corrected chi connectivity index (χ0v) is 11.3. The molecule has 0 fully saturated rings. The second-order valence-electron chi connectivity index (χ2n) is 4.68. The van der Waals surface area contributed by atoms with Crippen LogP contribution in [0.4, 0.5) is 4.39 Å². The molecule has 1 aromatic carbocycles. The van der Waals surface area contributed by atoms with Gasteiger partial charge >= 0.3 is 5.97 Å². The first-order valence-corrected chi connectivity index (χ1v) is 6.29. The molecule has 1 heterocycles. The van der Waals surface area contributed by atoms with Gasteiger partial charge in [-0.3, -0.25) is 0 Å². The number of aromatic carboxylic acids is 1. The molecule has 0 radical (unpaired) electrons. The summed E-state index contributed by atoms with van der Waals surface area (Å²) < 4.78 is 18.6. The molecule has 0 bridgehead atoms. The van der Waals surface area contributed by atoms with Crippen LogP contribution < -0.4 is 5.32 Å². The van der Waals surface area contributed by atoms with Crippen LogP contribution >= 0.6 is 0 Å². The molecule has 5 heteroatoms. The van der Waals surface area contributed by atoms with E-state index < -0.39 is 5.97 Å². The molecule has 0 spiro atoms. The third-order valence-electron chi connectivity index (χ3n) is 3.15. The van der Waals surface area contributed by atoms with Gasteiger partial charge in [-0.25, -0.2) is 9.18 Å². The first-order valence-electron chi connectivity index (χ1n) is 6.29. The number of aryl methyl sites for hydroxylation is 1. The van der Waals surface area contributed by atoms with E-state index >= 15 is 0 Å². The predicted octanol–water partition coefficient (Wildman–Crippen LogP) is 3.28. The topological polar surface area (TPSA) is 62.5 Å². The lowest BCUT2D eigenvalue weighted by Crippen LogP contribution is -2.18. The van der Waals surface area contributed by atoms with E-state index in [1.165, 1.54) is 12.1 Å². The molecule has 0 aliphatic carbocycles. The average Bonchev–Trinajstić information content (AvgIpc) is 2.88. The SMILES string of the molecule is Cc1ccc(C(C)NCc2ccc(C(=O)O)o2)cc1F. The molecular weight excluding hydrogens is 261 g/mol. The minimum atomic E-state index is -1.09. The summed E-state index contributed by atoms with van der Waals surface area (Å²) in [6, 6.07) is 8.05. The highest BCUT2D eigenvalue weighted by Gasteiger charge is 2.11. The molecule has 1 atom stereocenters. The Morgan fingerprint density at radius 1 is 1.40 bits per heavy atom. The number of carboxylic acid groups (broad SMARTS) is 1. The van der Waals surface area contributed by atoms with E-state index in [2.05, 4.69) is 5.32 Å². The highest BCUT2D eigenvalue weighted by molar-refractivity contribution is 5.84. The van der Waals surface area contributed by atoms with Gasteiger partial charge in [-0.2, -0.15) is 0 Å². The third kappa shape index (κ3) is 3.24. The quantitative estimate of drug-likeness (QED) is 0.880. The maximum atomic E-state index is 13.5. The molecule has 0 aliphatic rings. The summed E-state index contributed by atoms with van der Waals surface area (Å²) in [6.07, 6.45) is 0. The monoisotopic (exact) mass is 277 g/mol. The van der Waals surface area contributed by atoms with E-state index in [4.69, 9.17) is 9.52 Å². The fourth-order valence-electron chi connectivity index (χ4n) is 1.84. The van der Waals surface area contributed by atoms with E-state index in [0.29, 0.717) is 17.9 Å². The Kier molecular flexibility index (Phi) is 4.20. The van der Waals surface area contributed by atoms with E-state index in [0.717, 1.165) is 5.56 Å². The van der Waals surface area contributed by atoms with Gasteiger partial charge in [0.2, 0.25) is 5.76 Å². The molecule has 0 saturated heterocycles. The Bertz CT molecular complexity index is 621. The standard InChI is InChI=1S/C15H16FNO3/c1-9-3-4-11(7-13(9)16)10(2)17-8-12-5-6-14(20-12)15(18)19/h3-7,10,17H,8H2,1-2H3,(H,18,19). The van der Waals surface area contributed by atoms with Gasteiger partial charge in [-0.05, 0) is 43.2 Å². The van der Waals surface area contributed by atoms with Gasteiger partial charge < -0.3 is 14.8 Å². The van der Waals surface area contributed by atoms with Crippen molar-refractivity contribution in [3.05, 3.63) is 58.8 Å². The fourth-order valence-corrected chi connectivity index (χ4v) is 1.84. The summed E-state index contributed by atoms with van der Waals surface area (Å²) in [6.45, 7) is 4.00. The van der Waals surface area contributed by atoms with Crippen molar-refractivity contribution < 1.29 is 18.7 Å². The Hall–Kier alpha value is -2.14.